The molecule has 4 aliphatic rings. The maximum atomic E-state index is 12.0. The Hall–Kier alpha value is -1.81. The predicted octanol–water partition coefficient (Wildman–Crippen LogP) is 3.66. The summed E-state index contributed by atoms with van der Waals surface area (Å²) in [7, 11) is 0. The standard InChI is InChI=1S/C22H29N3O/c23-21(26)25-11-3-8-22(18-4-1-2-5-19(18)25)9-12-24(13-10-22)20-15-16-6-7-17(20)14-16/h1-2,4-7,16-17,20H,3,8-15H2,(H2,23,26). The van der Waals surface area contributed by atoms with Gasteiger partial charge in [0.1, 0.15) is 0 Å². The Kier molecular flexibility index (Phi) is 3.85. The fourth-order valence-corrected chi connectivity index (χ4v) is 6.19. The summed E-state index contributed by atoms with van der Waals surface area (Å²) >= 11 is 0. The first-order valence-corrected chi connectivity index (χ1v) is 10.3. The molecule has 0 aromatic heterocycles. The van der Waals surface area contributed by atoms with Crippen LogP contribution in [0, 0.1) is 11.8 Å². The van der Waals surface area contributed by atoms with Gasteiger partial charge in [0.05, 0.1) is 0 Å². The number of piperidine rings is 1. The molecule has 2 N–H and O–H groups in total. The van der Waals surface area contributed by atoms with Crippen molar-refractivity contribution in [3.63, 3.8) is 0 Å². The molecule has 3 atom stereocenters. The van der Waals surface area contributed by atoms with Gasteiger partial charge in [-0.15, -0.1) is 0 Å². The van der Waals surface area contributed by atoms with Gasteiger partial charge in [-0.2, -0.15) is 0 Å². The van der Waals surface area contributed by atoms with E-state index in [0.29, 0.717) is 0 Å². The molecule has 0 radical (unpaired) electrons. The van der Waals surface area contributed by atoms with Crippen LogP contribution in [-0.2, 0) is 5.41 Å². The number of allylic oxidation sites excluding steroid dienone is 1. The van der Waals surface area contributed by atoms with Crippen molar-refractivity contribution >= 4 is 11.7 Å². The number of carbonyl (C=O) groups is 1. The number of likely N-dealkylation sites (tertiary alicyclic amines) is 1. The van der Waals surface area contributed by atoms with Gasteiger partial charge < -0.3 is 5.73 Å². The number of hydrogen-bond donors (Lipinski definition) is 1. The molecule has 1 saturated heterocycles. The summed E-state index contributed by atoms with van der Waals surface area (Å²) in [5.74, 6) is 1.63. The van der Waals surface area contributed by atoms with Crippen LogP contribution < -0.4 is 10.6 Å². The molecule has 1 saturated carbocycles. The van der Waals surface area contributed by atoms with Gasteiger partial charge in [-0.05, 0) is 80.5 Å². The van der Waals surface area contributed by atoms with Crippen molar-refractivity contribution in [2.45, 2.75) is 50.0 Å². The number of nitrogens with two attached hydrogens (primary N) is 1. The minimum atomic E-state index is -0.319. The van der Waals surface area contributed by atoms with Gasteiger partial charge in [0, 0.05) is 18.3 Å². The third-order valence-corrected chi connectivity index (χ3v) is 7.54. The summed E-state index contributed by atoms with van der Waals surface area (Å²) < 4.78 is 0. The summed E-state index contributed by atoms with van der Waals surface area (Å²) in [4.78, 5) is 16.5. The third kappa shape index (κ3) is 2.50. The number of carbonyl (C=O) groups excluding carboxylic acids is 1. The molecule has 26 heavy (non-hydrogen) atoms. The van der Waals surface area contributed by atoms with E-state index in [4.69, 9.17) is 5.73 Å². The van der Waals surface area contributed by atoms with Crippen LogP contribution in [-0.4, -0.2) is 36.6 Å². The fourth-order valence-electron chi connectivity index (χ4n) is 6.19. The summed E-state index contributed by atoms with van der Waals surface area (Å²) in [6.45, 7) is 3.12. The third-order valence-electron chi connectivity index (χ3n) is 7.54. The van der Waals surface area contributed by atoms with Crippen LogP contribution in [0.1, 0.15) is 44.1 Å². The Labute approximate surface area is 156 Å². The lowest BCUT2D eigenvalue weighted by atomic mass is 9.69. The zero-order chi connectivity index (χ0) is 17.7. The Morgan fingerprint density at radius 1 is 1.04 bits per heavy atom. The molecule has 2 fully saturated rings. The van der Waals surface area contributed by atoms with Crippen molar-refractivity contribution in [3.05, 3.63) is 42.0 Å². The molecule has 2 bridgehead atoms. The van der Waals surface area contributed by atoms with Gasteiger partial charge in [0.15, 0.2) is 0 Å². The lowest BCUT2D eigenvalue weighted by Crippen LogP contribution is -2.48. The lowest BCUT2D eigenvalue weighted by Gasteiger charge is -2.45. The number of amides is 2. The molecule has 5 rings (SSSR count). The molecule has 2 aliphatic heterocycles. The maximum absolute atomic E-state index is 12.0. The minimum absolute atomic E-state index is 0.213. The van der Waals surface area contributed by atoms with Crippen molar-refractivity contribution in [3.8, 4) is 0 Å². The van der Waals surface area contributed by atoms with Crippen LogP contribution in [0.4, 0.5) is 10.5 Å². The molecule has 3 unspecified atom stereocenters. The van der Waals surface area contributed by atoms with E-state index in [1.165, 1.54) is 44.3 Å². The SMILES string of the molecule is NC(=O)N1CCCC2(CCN(C3CC4C=CC3C4)CC2)c2ccccc21. The Morgan fingerprint density at radius 3 is 2.54 bits per heavy atom. The Morgan fingerprint density at radius 2 is 1.85 bits per heavy atom. The topological polar surface area (TPSA) is 49.6 Å². The van der Waals surface area contributed by atoms with Gasteiger partial charge in [-0.3, -0.25) is 9.80 Å². The van der Waals surface area contributed by atoms with Gasteiger partial charge in [-0.1, -0.05) is 30.4 Å². The van der Waals surface area contributed by atoms with Crippen LogP contribution in [0.5, 0.6) is 0 Å². The first-order chi connectivity index (χ1) is 12.7. The first-order valence-electron chi connectivity index (χ1n) is 10.3. The molecule has 1 aromatic carbocycles. The van der Waals surface area contributed by atoms with Crippen molar-refractivity contribution in [2.75, 3.05) is 24.5 Å². The van der Waals surface area contributed by atoms with E-state index in [-0.39, 0.29) is 11.4 Å². The second-order valence-electron chi connectivity index (χ2n) is 8.77. The lowest BCUT2D eigenvalue weighted by molar-refractivity contribution is 0.0966. The highest BCUT2D eigenvalue weighted by molar-refractivity contribution is 5.92. The molecule has 138 valence electrons. The van der Waals surface area contributed by atoms with Crippen molar-refractivity contribution in [1.82, 2.24) is 4.90 Å². The van der Waals surface area contributed by atoms with Crippen LogP contribution in [0.15, 0.2) is 36.4 Å². The van der Waals surface area contributed by atoms with E-state index in [2.05, 4.69) is 35.3 Å². The van der Waals surface area contributed by atoms with E-state index in [1.807, 2.05) is 6.07 Å². The number of hydrogen-bond acceptors (Lipinski definition) is 2. The highest BCUT2D eigenvalue weighted by Gasteiger charge is 2.44. The monoisotopic (exact) mass is 351 g/mol. The first kappa shape index (κ1) is 16.4. The number of rotatable bonds is 1. The zero-order valence-electron chi connectivity index (χ0n) is 15.4. The number of primary amides is 1. The van der Waals surface area contributed by atoms with Crippen LogP contribution in [0.2, 0.25) is 0 Å². The van der Waals surface area contributed by atoms with Crippen molar-refractivity contribution in [2.24, 2.45) is 17.6 Å². The minimum Gasteiger partial charge on any atom is -0.351 e. The summed E-state index contributed by atoms with van der Waals surface area (Å²) in [6, 6.07) is 8.93. The number of anilines is 1. The maximum Gasteiger partial charge on any atom is 0.319 e. The molecule has 2 amide bonds. The van der Waals surface area contributed by atoms with E-state index in [9.17, 15) is 4.79 Å². The Bertz CT molecular complexity index is 735. The molecule has 1 aromatic rings. The molecule has 4 nitrogen and oxygen atoms in total. The Balaban J connectivity index is 1.40. The number of fused-ring (bicyclic) bond motifs is 4. The van der Waals surface area contributed by atoms with Crippen molar-refractivity contribution < 1.29 is 4.79 Å². The predicted molar refractivity (Wildman–Crippen MR) is 104 cm³/mol. The number of benzene rings is 1. The average molecular weight is 351 g/mol. The quantitative estimate of drug-likeness (QED) is 0.785. The molecule has 2 heterocycles. The fraction of sp³-hybridized carbons (Fsp3) is 0.591. The van der Waals surface area contributed by atoms with Crippen LogP contribution >= 0.6 is 0 Å². The smallest absolute Gasteiger partial charge is 0.319 e. The van der Waals surface area contributed by atoms with E-state index >= 15 is 0 Å². The van der Waals surface area contributed by atoms with E-state index in [1.54, 1.807) is 4.90 Å². The highest BCUT2D eigenvalue weighted by atomic mass is 16.2. The van der Waals surface area contributed by atoms with Crippen molar-refractivity contribution in [1.29, 1.82) is 0 Å². The van der Waals surface area contributed by atoms with E-state index < -0.39 is 0 Å². The normalized spacial score (nSPS) is 32.6. The average Bonchev–Trinajstić information content (AvgIpc) is 3.25. The van der Waals surface area contributed by atoms with Crippen LogP contribution in [0.3, 0.4) is 0 Å². The molecular weight excluding hydrogens is 322 g/mol. The van der Waals surface area contributed by atoms with Gasteiger partial charge in [0.25, 0.3) is 0 Å². The number of nitrogens with zero attached hydrogens (tertiary/aromatic N) is 2. The summed E-state index contributed by atoms with van der Waals surface area (Å²) in [5, 5.41) is 0. The highest BCUT2D eigenvalue weighted by Crippen LogP contribution is 2.48. The number of urea groups is 1. The van der Waals surface area contributed by atoms with Crippen LogP contribution in [0.25, 0.3) is 0 Å². The molecule has 2 aliphatic carbocycles. The summed E-state index contributed by atoms with van der Waals surface area (Å²) in [6.07, 6.45) is 12.2. The molecule has 1 spiro atoms. The van der Waals surface area contributed by atoms with Gasteiger partial charge in [0.2, 0.25) is 0 Å². The number of para-hydroxylation sites is 1. The second kappa shape index (κ2) is 6.12. The van der Waals surface area contributed by atoms with Gasteiger partial charge in [-0.25, -0.2) is 4.79 Å². The largest absolute Gasteiger partial charge is 0.351 e. The van der Waals surface area contributed by atoms with E-state index in [0.717, 1.165) is 43.0 Å². The second-order valence-corrected chi connectivity index (χ2v) is 8.77. The van der Waals surface area contributed by atoms with Gasteiger partial charge >= 0.3 is 6.03 Å². The molecular formula is C22H29N3O. The summed E-state index contributed by atoms with van der Waals surface area (Å²) in [5.41, 5.74) is 8.29. The zero-order valence-corrected chi connectivity index (χ0v) is 15.4. The molecule has 4 heteroatoms.